The quantitative estimate of drug-likeness (QED) is 0.466. The Morgan fingerprint density at radius 3 is 2.63 bits per heavy atom. The molecular formula is C24H23ClN4O. The molecule has 5 nitrogen and oxygen atoms in total. The van der Waals surface area contributed by atoms with Crippen LogP contribution in [0.1, 0.15) is 18.4 Å². The predicted octanol–water partition coefficient (Wildman–Crippen LogP) is 5.64. The van der Waals surface area contributed by atoms with Crippen molar-refractivity contribution in [3.8, 4) is 16.8 Å². The summed E-state index contributed by atoms with van der Waals surface area (Å²) >= 11 is 6.43. The van der Waals surface area contributed by atoms with Crippen LogP contribution in [0.25, 0.3) is 27.8 Å². The van der Waals surface area contributed by atoms with E-state index in [1.54, 1.807) is 6.33 Å². The highest BCUT2D eigenvalue weighted by Gasteiger charge is 2.20. The normalized spacial score (nSPS) is 14.9. The minimum atomic E-state index is 0.345. The van der Waals surface area contributed by atoms with Gasteiger partial charge in [0.05, 0.1) is 5.39 Å². The molecule has 1 N–H and O–H groups in total. The van der Waals surface area contributed by atoms with E-state index >= 15 is 0 Å². The zero-order chi connectivity index (χ0) is 20.5. The number of rotatable bonds is 4. The van der Waals surface area contributed by atoms with E-state index in [0.717, 1.165) is 70.3 Å². The molecule has 3 heterocycles. The van der Waals surface area contributed by atoms with Crippen LogP contribution in [0.2, 0.25) is 5.02 Å². The van der Waals surface area contributed by atoms with Crippen LogP contribution in [-0.2, 0) is 4.74 Å². The molecule has 4 aromatic rings. The van der Waals surface area contributed by atoms with Crippen LogP contribution in [0.3, 0.4) is 0 Å². The summed E-state index contributed by atoms with van der Waals surface area (Å²) in [6.07, 6.45) is 5.71. The van der Waals surface area contributed by atoms with Crippen molar-refractivity contribution in [3.63, 3.8) is 0 Å². The molecule has 0 unspecified atom stereocenters. The first-order valence-electron chi connectivity index (χ1n) is 10.2. The Labute approximate surface area is 180 Å². The van der Waals surface area contributed by atoms with E-state index in [4.69, 9.17) is 16.3 Å². The van der Waals surface area contributed by atoms with E-state index in [1.165, 1.54) is 0 Å². The number of halogens is 1. The van der Waals surface area contributed by atoms with Crippen molar-refractivity contribution in [1.29, 1.82) is 0 Å². The standard InChI is InChI=1S/C24H23ClN4O/c1-16-7-8-19(13-21(16)25)29-14-20(17-5-3-2-4-6-17)22-23(26-15-27-24(22)29)28-18-9-11-30-12-10-18/h2-8,13-15,18H,9-12H2,1H3,(H,26,27,28). The third-order valence-electron chi connectivity index (χ3n) is 5.66. The topological polar surface area (TPSA) is 52.0 Å². The van der Waals surface area contributed by atoms with Gasteiger partial charge in [0.2, 0.25) is 0 Å². The Morgan fingerprint density at radius 2 is 1.87 bits per heavy atom. The maximum Gasteiger partial charge on any atom is 0.150 e. The van der Waals surface area contributed by atoms with Crippen molar-refractivity contribution < 1.29 is 4.74 Å². The summed E-state index contributed by atoms with van der Waals surface area (Å²) in [5.41, 5.74) is 5.12. The van der Waals surface area contributed by atoms with Gasteiger partial charge in [-0.15, -0.1) is 0 Å². The average molecular weight is 419 g/mol. The summed E-state index contributed by atoms with van der Waals surface area (Å²) in [7, 11) is 0. The first kappa shape index (κ1) is 19.1. The van der Waals surface area contributed by atoms with Crippen LogP contribution in [0, 0.1) is 6.92 Å². The third-order valence-corrected chi connectivity index (χ3v) is 6.07. The first-order chi connectivity index (χ1) is 14.7. The van der Waals surface area contributed by atoms with E-state index in [-0.39, 0.29) is 0 Å². The van der Waals surface area contributed by atoms with Gasteiger partial charge in [-0.05, 0) is 43.0 Å². The molecule has 0 saturated carbocycles. The predicted molar refractivity (Wildman–Crippen MR) is 122 cm³/mol. The number of fused-ring (bicyclic) bond motifs is 1. The Kier molecular flexibility index (Phi) is 5.15. The smallest absolute Gasteiger partial charge is 0.150 e. The van der Waals surface area contributed by atoms with Gasteiger partial charge in [-0.3, -0.25) is 0 Å². The van der Waals surface area contributed by atoms with Gasteiger partial charge in [0.15, 0.2) is 5.65 Å². The first-order valence-corrected chi connectivity index (χ1v) is 10.6. The molecule has 5 rings (SSSR count). The molecule has 1 fully saturated rings. The largest absolute Gasteiger partial charge is 0.381 e. The van der Waals surface area contributed by atoms with Gasteiger partial charge in [0.25, 0.3) is 0 Å². The minimum Gasteiger partial charge on any atom is -0.381 e. The molecule has 0 aliphatic carbocycles. The van der Waals surface area contributed by atoms with Crippen molar-refractivity contribution in [2.75, 3.05) is 18.5 Å². The third kappa shape index (κ3) is 3.55. The highest BCUT2D eigenvalue weighted by molar-refractivity contribution is 6.31. The van der Waals surface area contributed by atoms with Crippen LogP contribution in [0.15, 0.2) is 61.1 Å². The molecule has 1 saturated heterocycles. The van der Waals surface area contributed by atoms with Gasteiger partial charge in [0, 0.05) is 41.7 Å². The number of ether oxygens (including phenoxy) is 1. The van der Waals surface area contributed by atoms with E-state index in [1.807, 2.05) is 25.1 Å². The van der Waals surface area contributed by atoms with Gasteiger partial charge < -0.3 is 14.6 Å². The molecule has 1 aliphatic rings. The molecule has 0 amide bonds. The monoisotopic (exact) mass is 418 g/mol. The molecule has 0 bridgehead atoms. The second kappa shape index (κ2) is 8.09. The molecule has 2 aromatic carbocycles. The van der Waals surface area contributed by atoms with Gasteiger partial charge in [-0.2, -0.15) is 0 Å². The number of aromatic nitrogens is 3. The Hall–Kier alpha value is -2.89. The van der Waals surface area contributed by atoms with Crippen molar-refractivity contribution in [2.45, 2.75) is 25.8 Å². The average Bonchev–Trinajstić information content (AvgIpc) is 3.18. The van der Waals surface area contributed by atoms with Gasteiger partial charge >= 0.3 is 0 Å². The van der Waals surface area contributed by atoms with Crippen LogP contribution in [0.5, 0.6) is 0 Å². The summed E-state index contributed by atoms with van der Waals surface area (Å²) in [4.78, 5) is 9.28. The van der Waals surface area contributed by atoms with Crippen LogP contribution in [0.4, 0.5) is 5.82 Å². The van der Waals surface area contributed by atoms with E-state index in [0.29, 0.717) is 6.04 Å². The van der Waals surface area contributed by atoms with Crippen molar-refractivity contribution in [3.05, 3.63) is 71.6 Å². The fourth-order valence-electron chi connectivity index (χ4n) is 3.97. The number of nitrogens with one attached hydrogen (secondary N) is 1. The van der Waals surface area contributed by atoms with Crippen molar-refractivity contribution >= 4 is 28.5 Å². The summed E-state index contributed by atoms with van der Waals surface area (Å²) < 4.78 is 7.61. The second-order valence-corrected chi connectivity index (χ2v) is 8.07. The number of hydrogen-bond donors (Lipinski definition) is 1. The molecular weight excluding hydrogens is 396 g/mol. The lowest BCUT2D eigenvalue weighted by atomic mass is 10.1. The highest BCUT2D eigenvalue weighted by Crippen LogP contribution is 2.36. The van der Waals surface area contributed by atoms with Crippen molar-refractivity contribution in [2.24, 2.45) is 0 Å². The van der Waals surface area contributed by atoms with Crippen LogP contribution in [-0.4, -0.2) is 33.8 Å². The maximum atomic E-state index is 6.43. The van der Waals surface area contributed by atoms with Crippen molar-refractivity contribution in [1.82, 2.24) is 14.5 Å². The fourth-order valence-corrected chi connectivity index (χ4v) is 4.15. The lowest BCUT2D eigenvalue weighted by Gasteiger charge is -2.24. The molecule has 0 atom stereocenters. The zero-order valence-electron chi connectivity index (χ0n) is 16.8. The van der Waals surface area contributed by atoms with E-state index in [2.05, 4.69) is 56.4 Å². The summed E-state index contributed by atoms with van der Waals surface area (Å²) in [6.45, 7) is 3.56. The van der Waals surface area contributed by atoms with Gasteiger partial charge in [-0.1, -0.05) is 48.0 Å². The highest BCUT2D eigenvalue weighted by atomic mass is 35.5. The summed E-state index contributed by atoms with van der Waals surface area (Å²) in [5.74, 6) is 0.864. The number of benzene rings is 2. The molecule has 0 radical (unpaired) electrons. The molecule has 30 heavy (non-hydrogen) atoms. The molecule has 0 spiro atoms. The molecule has 152 valence electrons. The summed E-state index contributed by atoms with van der Waals surface area (Å²) in [6, 6.07) is 16.8. The number of nitrogens with zero attached hydrogens (tertiary/aromatic N) is 3. The SMILES string of the molecule is Cc1ccc(-n2cc(-c3ccccc3)c3c(NC4CCOCC4)ncnc32)cc1Cl. The van der Waals surface area contributed by atoms with Gasteiger partial charge in [-0.25, -0.2) is 9.97 Å². The summed E-state index contributed by atoms with van der Waals surface area (Å²) in [5, 5.41) is 5.41. The maximum absolute atomic E-state index is 6.43. The van der Waals surface area contributed by atoms with Crippen LogP contribution >= 0.6 is 11.6 Å². The number of aryl methyl sites for hydroxylation is 1. The van der Waals surface area contributed by atoms with E-state index < -0.39 is 0 Å². The lowest BCUT2D eigenvalue weighted by molar-refractivity contribution is 0.0904. The minimum absolute atomic E-state index is 0.345. The molecule has 2 aromatic heterocycles. The fraction of sp³-hybridized carbons (Fsp3) is 0.250. The van der Waals surface area contributed by atoms with E-state index in [9.17, 15) is 0 Å². The second-order valence-electron chi connectivity index (χ2n) is 7.66. The zero-order valence-corrected chi connectivity index (χ0v) is 17.6. The lowest BCUT2D eigenvalue weighted by Crippen LogP contribution is -2.28. The molecule has 1 aliphatic heterocycles. The Morgan fingerprint density at radius 1 is 1.07 bits per heavy atom. The Bertz CT molecular complexity index is 1180. The Balaban J connectivity index is 1.70. The molecule has 6 heteroatoms. The van der Waals surface area contributed by atoms with Gasteiger partial charge in [0.1, 0.15) is 12.1 Å². The number of anilines is 1. The van der Waals surface area contributed by atoms with Crippen LogP contribution < -0.4 is 5.32 Å². The number of hydrogen-bond acceptors (Lipinski definition) is 4.